The molecule has 0 amide bonds. The summed E-state index contributed by atoms with van der Waals surface area (Å²) in [5, 5.41) is 3.87. The molecule has 1 unspecified atom stereocenters. The lowest BCUT2D eigenvalue weighted by Crippen LogP contribution is -2.63. The van der Waals surface area contributed by atoms with Gasteiger partial charge in [0.05, 0.1) is 5.69 Å². The smallest absolute Gasteiger partial charge is 0.0575 e. The van der Waals surface area contributed by atoms with Gasteiger partial charge in [-0.1, -0.05) is 32.3 Å². The Labute approximate surface area is 129 Å². The van der Waals surface area contributed by atoms with E-state index >= 15 is 0 Å². The summed E-state index contributed by atoms with van der Waals surface area (Å²) in [6.45, 7) is 7.89. The first-order chi connectivity index (χ1) is 10.2. The Hall–Kier alpha value is -0.930. The lowest BCUT2D eigenvalue weighted by Gasteiger charge is -2.49. The van der Waals surface area contributed by atoms with Crippen LogP contribution in [0.15, 0.2) is 18.3 Å². The van der Waals surface area contributed by atoms with Gasteiger partial charge in [0.2, 0.25) is 0 Å². The van der Waals surface area contributed by atoms with E-state index in [-0.39, 0.29) is 0 Å². The van der Waals surface area contributed by atoms with E-state index in [2.05, 4.69) is 41.2 Å². The highest BCUT2D eigenvalue weighted by Crippen LogP contribution is 2.32. The Bertz CT molecular complexity index is 465. The minimum absolute atomic E-state index is 0.381. The number of aromatic nitrogens is 1. The zero-order valence-corrected chi connectivity index (χ0v) is 13.6. The normalized spacial score (nSPS) is 26.1. The van der Waals surface area contributed by atoms with Crippen molar-refractivity contribution < 1.29 is 0 Å². The molecule has 2 fully saturated rings. The number of aryl methyl sites for hydroxylation is 1. The van der Waals surface area contributed by atoms with Crippen molar-refractivity contribution in [1.29, 1.82) is 0 Å². The highest BCUT2D eigenvalue weighted by Gasteiger charge is 2.38. The fourth-order valence-corrected chi connectivity index (χ4v) is 4.00. The fraction of sp³-hybridized carbons (Fsp3) is 0.722. The molecular formula is C18H29N3. The molecule has 0 bridgehead atoms. The molecule has 0 aromatic carbocycles. The molecule has 1 aromatic rings. The molecule has 1 saturated heterocycles. The average Bonchev–Trinajstić information content (AvgIpc) is 2.53. The van der Waals surface area contributed by atoms with Crippen LogP contribution < -0.4 is 5.32 Å². The van der Waals surface area contributed by atoms with E-state index in [1.807, 2.05) is 6.20 Å². The van der Waals surface area contributed by atoms with Crippen LogP contribution in [0.5, 0.6) is 0 Å². The molecule has 2 aliphatic rings. The highest BCUT2D eigenvalue weighted by atomic mass is 15.3. The maximum Gasteiger partial charge on any atom is 0.0575 e. The van der Waals surface area contributed by atoms with Crippen LogP contribution in [0.2, 0.25) is 0 Å². The van der Waals surface area contributed by atoms with Gasteiger partial charge >= 0.3 is 0 Å². The van der Waals surface area contributed by atoms with Crippen LogP contribution in [0.3, 0.4) is 0 Å². The molecule has 1 aliphatic heterocycles. The van der Waals surface area contributed by atoms with E-state index in [4.69, 9.17) is 0 Å². The van der Waals surface area contributed by atoms with Gasteiger partial charge < -0.3 is 5.32 Å². The van der Waals surface area contributed by atoms with Gasteiger partial charge in [0.1, 0.15) is 0 Å². The van der Waals surface area contributed by atoms with Crippen LogP contribution in [0, 0.1) is 0 Å². The van der Waals surface area contributed by atoms with Crippen LogP contribution in [0.25, 0.3) is 0 Å². The van der Waals surface area contributed by atoms with E-state index in [1.165, 1.54) is 49.9 Å². The Morgan fingerprint density at radius 3 is 2.90 bits per heavy atom. The van der Waals surface area contributed by atoms with Crippen LogP contribution in [-0.4, -0.2) is 34.6 Å². The van der Waals surface area contributed by atoms with E-state index < -0.39 is 0 Å². The van der Waals surface area contributed by atoms with Gasteiger partial charge in [-0.25, -0.2) is 0 Å². The molecule has 116 valence electrons. The van der Waals surface area contributed by atoms with Crippen molar-refractivity contribution >= 4 is 0 Å². The average molecular weight is 287 g/mol. The molecule has 1 aromatic heterocycles. The van der Waals surface area contributed by atoms with Crippen LogP contribution >= 0.6 is 0 Å². The predicted octanol–water partition coefficient (Wildman–Crippen LogP) is 3.14. The van der Waals surface area contributed by atoms with Crippen LogP contribution in [0.4, 0.5) is 0 Å². The molecule has 0 radical (unpaired) electrons. The molecule has 21 heavy (non-hydrogen) atoms. The van der Waals surface area contributed by atoms with Crippen molar-refractivity contribution in [2.24, 2.45) is 0 Å². The predicted molar refractivity (Wildman–Crippen MR) is 87.3 cm³/mol. The third-order valence-electron chi connectivity index (χ3n) is 5.43. The number of rotatable bonds is 3. The SMILES string of the molecule is CCc1cccnc1CN1CC2(CCCCC2)NCC1C. The first-order valence-corrected chi connectivity index (χ1v) is 8.64. The van der Waals surface area contributed by atoms with E-state index in [0.717, 1.165) is 19.5 Å². The van der Waals surface area contributed by atoms with Gasteiger partial charge in [0, 0.05) is 37.4 Å². The summed E-state index contributed by atoms with van der Waals surface area (Å²) in [5.74, 6) is 0. The third-order valence-corrected chi connectivity index (χ3v) is 5.43. The number of pyridine rings is 1. The summed E-state index contributed by atoms with van der Waals surface area (Å²) in [6.07, 6.45) is 9.90. The topological polar surface area (TPSA) is 28.2 Å². The summed E-state index contributed by atoms with van der Waals surface area (Å²) in [6, 6.07) is 4.89. The quantitative estimate of drug-likeness (QED) is 0.925. The monoisotopic (exact) mass is 287 g/mol. The lowest BCUT2D eigenvalue weighted by atomic mass is 9.79. The Kier molecular flexibility index (Phi) is 4.60. The number of hydrogen-bond acceptors (Lipinski definition) is 3. The number of nitrogens with one attached hydrogen (secondary N) is 1. The highest BCUT2D eigenvalue weighted by molar-refractivity contribution is 5.20. The van der Waals surface area contributed by atoms with Crippen molar-refractivity contribution in [1.82, 2.24) is 15.2 Å². The van der Waals surface area contributed by atoms with E-state index in [1.54, 1.807) is 0 Å². The van der Waals surface area contributed by atoms with Crippen molar-refractivity contribution in [2.75, 3.05) is 13.1 Å². The first kappa shape index (κ1) is 15.0. The van der Waals surface area contributed by atoms with Gasteiger partial charge in [-0.15, -0.1) is 0 Å². The van der Waals surface area contributed by atoms with Crippen molar-refractivity contribution in [2.45, 2.75) is 70.5 Å². The lowest BCUT2D eigenvalue weighted by molar-refractivity contribution is 0.0562. The summed E-state index contributed by atoms with van der Waals surface area (Å²) in [5.41, 5.74) is 3.06. The van der Waals surface area contributed by atoms with Crippen LogP contribution in [0.1, 0.15) is 57.2 Å². The molecule has 1 atom stereocenters. The number of hydrogen-bond donors (Lipinski definition) is 1. The zero-order valence-electron chi connectivity index (χ0n) is 13.6. The summed E-state index contributed by atoms with van der Waals surface area (Å²) < 4.78 is 0. The maximum absolute atomic E-state index is 4.65. The van der Waals surface area contributed by atoms with Gasteiger partial charge in [0.15, 0.2) is 0 Å². The molecule has 1 N–H and O–H groups in total. The maximum atomic E-state index is 4.65. The van der Waals surface area contributed by atoms with Crippen molar-refractivity contribution in [3.8, 4) is 0 Å². The van der Waals surface area contributed by atoms with Gasteiger partial charge in [0.25, 0.3) is 0 Å². The third kappa shape index (κ3) is 3.29. The second-order valence-corrected chi connectivity index (χ2v) is 6.94. The van der Waals surface area contributed by atoms with E-state index in [9.17, 15) is 0 Å². The Morgan fingerprint density at radius 1 is 1.33 bits per heavy atom. The summed E-state index contributed by atoms with van der Waals surface area (Å²) in [7, 11) is 0. The zero-order chi connectivity index (χ0) is 14.7. The van der Waals surface area contributed by atoms with Gasteiger partial charge in [-0.05, 0) is 37.8 Å². The molecular weight excluding hydrogens is 258 g/mol. The molecule has 2 heterocycles. The molecule has 3 nitrogen and oxygen atoms in total. The number of nitrogens with zero attached hydrogens (tertiary/aromatic N) is 2. The minimum atomic E-state index is 0.381. The Balaban J connectivity index is 1.73. The second-order valence-electron chi connectivity index (χ2n) is 6.94. The number of piperazine rings is 1. The summed E-state index contributed by atoms with van der Waals surface area (Å²) >= 11 is 0. The molecule has 3 rings (SSSR count). The largest absolute Gasteiger partial charge is 0.308 e. The standard InChI is InChI=1S/C18H29N3/c1-3-16-8-7-11-19-17(16)13-21-14-18(20-12-15(21)2)9-5-4-6-10-18/h7-8,11,15,20H,3-6,9-10,12-14H2,1-2H3. The molecule has 3 heteroatoms. The van der Waals surface area contributed by atoms with E-state index in [0.29, 0.717) is 11.6 Å². The molecule has 1 aliphatic carbocycles. The first-order valence-electron chi connectivity index (χ1n) is 8.64. The Morgan fingerprint density at radius 2 is 2.14 bits per heavy atom. The fourth-order valence-electron chi connectivity index (χ4n) is 4.00. The minimum Gasteiger partial charge on any atom is -0.308 e. The summed E-state index contributed by atoms with van der Waals surface area (Å²) in [4.78, 5) is 7.31. The van der Waals surface area contributed by atoms with Gasteiger partial charge in [-0.2, -0.15) is 0 Å². The molecule has 1 saturated carbocycles. The van der Waals surface area contributed by atoms with Crippen LogP contribution in [-0.2, 0) is 13.0 Å². The van der Waals surface area contributed by atoms with Gasteiger partial charge in [-0.3, -0.25) is 9.88 Å². The van der Waals surface area contributed by atoms with Crippen molar-refractivity contribution in [3.63, 3.8) is 0 Å². The molecule has 1 spiro atoms. The second kappa shape index (κ2) is 6.45. The van der Waals surface area contributed by atoms with Crippen molar-refractivity contribution in [3.05, 3.63) is 29.6 Å².